The Hall–Kier alpha value is -1.52. The van der Waals surface area contributed by atoms with Gasteiger partial charge in [-0.2, -0.15) is 0 Å². The summed E-state index contributed by atoms with van der Waals surface area (Å²) >= 11 is 12.3. The first kappa shape index (κ1) is 20.2. The van der Waals surface area contributed by atoms with Crippen LogP contribution in [0.25, 0.3) is 0 Å². The maximum absolute atomic E-state index is 6.40. The van der Waals surface area contributed by atoms with E-state index in [1.807, 2.05) is 36.4 Å². The molecule has 5 heteroatoms. The summed E-state index contributed by atoms with van der Waals surface area (Å²) in [5, 5.41) is 0.552. The van der Waals surface area contributed by atoms with E-state index in [4.69, 9.17) is 32.7 Å². The van der Waals surface area contributed by atoms with Crippen LogP contribution in [0.15, 0.2) is 71.4 Å². The largest absolute Gasteiger partial charge is 0.375 e. The Balaban J connectivity index is 1.51. The van der Waals surface area contributed by atoms with Crippen molar-refractivity contribution < 1.29 is 9.47 Å². The quantitative estimate of drug-likeness (QED) is 0.511. The number of ether oxygens (including phenoxy) is 2. The Morgan fingerprint density at radius 1 is 0.852 bits per heavy atom. The summed E-state index contributed by atoms with van der Waals surface area (Å²) in [4.78, 5) is 2.14. The molecule has 3 rings (SSSR count). The summed E-state index contributed by atoms with van der Waals surface area (Å²) < 4.78 is 11.9. The number of hydrogen-bond acceptors (Lipinski definition) is 3. The molecule has 0 spiro atoms. The minimum atomic E-state index is 0.210. The molecule has 1 aliphatic heterocycles. The third-order valence-corrected chi connectivity index (χ3v) is 5.42. The van der Waals surface area contributed by atoms with Crippen molar-refractivity contribution in [2.75, 3.05) is 13.2 Å². The van der Waals surface area contributed by atoms with Crippen molar-refractivity contribution >= 4 is 23.2 Å². The van der Waals surface area contributed by atoms with Crippen molar-refractivity contribution in [3.05, 3.63) is 82.5 Å². The first-order valence-corrected chi connectivity index (χ1v) is 10.1. The van der Waals surface area contributed by atoms with Gasteiger partial charge in [0.1, 0.15) is 5.16 Å². The predicted octanol–water partition coefficient (Wildman–Crippen LogP) is 5.53. The number of hydrogen-bond donors (Lipinski definition) is 0. The molecule has 0 aromatic heterocycles. The Labute approximate surface area is 171 Å². The van der Waals surface area contributed by atoms with Gasteiger partial charge in [-0.1, -0.05) is 83.9 Å². The van der Waals surface area contributed by atoms with Crippen LogP contribution in [0.5, 0.6) is 0 Å². The Kier molecular flexibility index (Phi) is 8.03. The highest BCUT2D eigenvalue weighted by molar-refractivity contribution is 6.36. The number of benzene rings is 2. The number of halogens is 2. The Morgan fingerprint density at radius 3 is 1.70 bits per heavy atom. The van der Waals surface area contributed by atoms with E-state index in [0.717, 1.165) is 12.8 Å². The summed E-state index contributed by atoms with van der Waals surface area (Å²) in [5.74, 6) is 0. The van der Waals surface area contributed by atoms with Gasteiger partial charge in [-0.05, 0) is 24.0 Å². The van der Waals surface area contributed by atoms with Gasteiger partial charge in [-0.3, -0.25) is 0 Å². The molecule has 1 fully saturated rings. The number of likely N-dealkylation sites (tertiary alicyclic amines) is 1. The molecule has 0 amide bonds. The van der Waals surface area contributed by atoms with Crippen molar-refractivity contribution in [3.8, 4) is 0 Å². The number of nitrogens with zero attached hydrogens (tertiary/aromatic N) is 1. The lowest BCUT2D eigenvalue weighted by Gasteiger charge is -2.31. The molecule has 0 aliphatic carbocycles. The molecule has 0 unspecified atom stereocenters. The monoisotopic (exact) mass is 405 g/mol. The average molecular weight is 406 g/mol. The lowest BCUT2D eigenvalue weighted by atomic mass is 10.2. The predicted molar refractivity (Wildman–Crippen MR) is 111 cm³/mol. The van der Waals surface area contributed by atoms with Crippen LogP contribution in [-0.2, 0) is 22.7 Å². The summed E-state index contributed by atoms with van der Waals surface area (Å²) in [7, 11) is 0. The molecule has 3 nitrogen and oxygen atoms in total. The molecular formula is C22H25Cl2NO2. The zero-order chi connectivity index (χ0) is 18.9. The van der Waals surface area contributed by atoms with Gasteiger partial charge in [0.15, 0.2) is 0 Å². The zero-order valence-electron chi connectivity index (χ0n) is 15.3. The molecule has 0 radical (unpaired) electrons. The SMILES string of the molecule is Cl/C=C(/Cl)N1[C@@H](COCc2ccccc2)CC[C@@H]1COCc1ccccc1. The summed E-state index contributed by atoms with van der Waals surface area (Å²) in [6.07, 6.45) is 2.02. The first-order chi connectivity index (χ1) is 13.3. The fourth-order valence-corrected chi connectivity index (χ4v) is 3.86. The molecule has 144 valence electrons. The van der Waals surface area contributed by atoms with Gasteiger partial charge in [0.05, 0.1) is 38.5 Å². The highest BCUT2D eigenvalue weighted by Gasteiger charge is 2.34. The van der Waals surface area contributed by atoms with Crippen LogP contribution < -0.4 is 0 Å². The van der Waals surface area contributed by atoms with E-state index in [2.05, 4.69) is 29.2 Å². The van der Waals surface area contributed by atoms with Crippen LogP contribution in [0, 0.1) is 0 Å². The second-order valence-electron chi connectivity index (χ2n) is 6.73. The fraction of sp³-hybridized carbons (Fsp3) is 0.364. The molecular weight excluding hydrogens is 381 g/mol. The van der Waals surface area contributed by atoms with Crippen molar-refractivity contribution in [1.29, 1.82) is 0 Å². The molecule has 0 saturated carbocycles. The second kappa shape index (κ2) is 10.7. The van der Waals surface area contributed by atoms with Gasteiger partial charge < -0.3 is 14.4 Å². The van der Waals surface area contributed by atoms with Gasteiger partial charge in [-0.25, -0.2) is 0 Å². The van der Waals surface area contributed by atoms with Crippen molar-refractivity contribution in [2.24, 2.45) is 0 Å². The minimum Gasteiger partial charge on any atom is -0.375 e. The highest BCUT2D eigenvalue weighted by Crippen LogP contribution is 2.31. The lowest BCUT2D eigenvalue weighted by molar-refractivity contribution is 0.0434. The van der Waals surface area contributed by atoms with E-state index in [-0.39, 0.29) is 12.1 Å². The fourth-order valence-electron chi connectivity index (χ4n) is 3.47. The molecule has 27 heavy (non-hydrogen) atoms. The van der Waals surface area contributed by atoms with Crippen LogP contribution in [0.3, 0.4) is 0 Å². The normalized spacial score (nSPS) is 20.2. The van der Waals surface area contributed by atoms with Crippen molar-refractivity contribution in [3.63, 3.8) is 0 Å². The van der Waals surface area contributed by atoms with Crippen LogP contribution in [0.1, 0.15) is 24.0 Å². The third kappa shape index (κ3) is 5.98. The maximum atomic E-state index is 6.40. The van der Waals surface area contributed by atoms with E-state index in [1.165, 1.54) is 16.7 Å². The van der Waals surface area contributed by atoms with Gasteiger partial charge in [0.2, 0.25) is 0 Å². The average Bonchev–Trinajstić information content (AvgIpc) is 3.12. The van der Waals surface area contributed by atoms with Gasteiger partial charge in [0, 0.05) is 5.54 Å². The topological polar surface area (TPSA) is 21.7 Å². The standard InChI is InChI=1S/C22H25Cl2NO2/c23-13-22(24)25-20(16-26-14-18-7-3-1-4-8-18)11-12-21(25)17-27-15-19-9-5-2-6-10-19/h1-10,13,20-21H,11-12,14-17H2/b22-13-/t20-,21-/m1/s1. The molecule has 2 aromatic rings. The van der Waals surface area contributed by atoms with E-state index in [1.54, 1.807) is 0 Å². The van der Waals surface area contributed by atoms with Gasteiger partial charge in [-0.15, -0.1) is 0 Å². The van der Waals surface area contributed by atoms with E-state index >= 15 is 0 Å². The van der Waals surface area contributed by atoms with E-state index in [0.29, 0.717) is 31.6 Å². The van der Waals surface area contributed by atoms with Gasteiger partial charge >= 0.3 is 0 Å². The lowest BCUT2D eigenvalue weighted by Crippen LogP contribution is -2.38. The maximum Gasteiger partial charge on any atom is 0.116 e. The van der Waals surface area contributed by atoms with Gasteiger partial charge in [0.25, 0.3) is 0 Å². The van der Waals surface area contributed by atoms with Crippen LogP contribution in [-0.4, -0.2) is 30.2 Å². The molecule has 0 bridgehead atoms. The molecule has 2 atom stereocenters. The van der Waals surface area contributed by atoms with E-state index in [9.17, 15) is 0 Å². The van der Waals surface area contributed by atoms with E-state index < -0.39 is 0 Å². The Bertz CT molecular complexity index is 655. The summed E-state index contributed by atoms with van der Waals surface area (Å²) in [5.41, 5.74) is 3.77. The third-order valence-electron chi connectivity index (χ3n) is 4.80. The minimum absolute atomic E-state index is 0.210. The summed E-state index contributed by atoms with van der Waals surface area (Å²) in [6.45, 7) is 2.43. The molecule has 1 saturated heterocycles. The van der Waals surface area contributed by atoms with Crippen LogP contribution in [0.2, 0.25) is 0 Å². The molecule has 1 heterocycles. The van der Waals surface area contributed by atoms with Crippen molar-refractivity contribution in [2.45, 2.75) is 38.1 Å². The first-order valence-electron chi connectivity index (χ1n) is 9.25. The smallest absolute Gasteiger partial charge is 0.116 e. The number of rotatable bonds is 9. The van der Waals surface area contributed by atoms with Crippen LogP contribution in [0.4, 0.5) is 0 Å². The molecule has 2 aromatic carbocycles. The molecule has 1 aliphatic rings. The van der Waals surface area contributed by atoms with Crippen molar-refractivity contribution in [1.82, 2.24) is 4.90 Å². The molecule has 0 N–H and O–H groups in total. The highest BCUT2D eigenvalue weighted by atomic mass is 35.5. The summed E-state index contributed by atoms with van der Waals surface area (Å²) in [6, 6.07) is 20.8. The second-order valence-corrected chi connectivity index (χ2v) is 7.33. The Morgan fingerprint density at radius 2 is 1.30 bits per heavy atom. The zero-order valence-corrected chi connectivity index (χ0v) is 16.8. The van der Waals surface area contributed by atoms with Crippen LogP contribution >= 0.6 is 23.2 Å².